The van der Waals surface area contributed by atoms with Crippen LogP contribution in [0.3, 0.4) is 0 Å². The minimum atomic E-state index is -0.880. The molecule has 3 amide bonds. The molecule has 4 rings (SSSR count). The van der Waals surface area contributed by atoms with E-state index in [1.165, 1.54) is 6.92 Å². The average molecular weight is 558 g/mol. The number of aliphatic hydroxyl groups excluding tert-OH is 1. The van der Waals surface area contributed by atoms with Crippen LogP contribution in [0.2, 0.25) is 0 Å². The summed E-state index contributed by atoms with van der Waals surface area (Å²) in [6.07, 6.45) is 0.858. The molecule has 0 bridgehead atoms. The minimum Gasteiger partial charge on any atom is -0.390 e. The summed E-state index contributed by atoms with van der Waals surface area (Å²) in [6.45, 7) is 5.47. The Kier molecular flexibility index (Phi) is 10.5. The van der Waals surface area contributed by atoms with E-state index >= 15 is 0 Å². The number of anilines is 3. The Morgan fingerprint density at radius 2 is 1.76 bits per heavy atom. The predicted molar refractivity (Wildman–Crippen MR) is 162 cm³/mol. The van der Waals surface area contributed by atoms with Gasteiger partial charge in [0.15, 0.2) is 0 Å². The van der Waals surface area contributed by atoms with Crippen LogP contribution in [0.4, 0.5) is 17.1 Å². The van der Waals surface area contributed by atoms with E-state index in [4.69, 9.17) is 0 Å². The summed E-state index contributed by atoms with van der Waals surface area (Å²) in [5.41, 5.74) is 4.53. The second-order valence-electron chi connectivity index (χ2n) is 10.3. The Bertz CT molecular complexity index is 1350. The molecule has 0 saturated carbocycles. The molecule has 3 aromatic carbocycles. The first kappa shape index (κ1) is 29.8. The van der Waals surface area contributed by atoms with Gasteiger partial charge in [0, 0.05) is 62.1 Å². The second kappa shape index (κ2) is 14.4. The van der Waals surface area contributed by atoms with Gasteiger partial charge >= 0.3 is 0 Å². The van der Waals surface area contributed by atoms with Crippen LogP contribution >= 0.6 is 0 Å². The van der Waals surface area contributed by atoms with Gasteiger partial charge in [0.2, 0.25) is 11.8 Å². The van der Waals surface area contributed by atoms with Gasteiger partial charge in [0.25, 0.3) is 5.91 Å². The third-order valence-electron chi connectivity index (χ3n) is 6.96. The summed E-state index contributed by atoms with van der Waals surface area (Å²) < 4.78 is 0. The van der Waals surface area contributed by atoms with E-state index in [1.807, 2.05) is 67.6 Å². The van der Waals surface area contributed by atoms with Crippen LogP contribution in [0.25, 0.3) is 0 Å². The number of aliphatic hydroxyl groups is 1. The number of rotatable bonds is 13. The van der Waals surface area contributed by atoms with Gasteiger partial charge in [-0.25, -0.2) is 0 Å². The first-order chi connectivity index (χ1) is 19.8. The third-order valence-corrected chi connectivity index (χ3v) is 6.96. The van der Waals surface area contributed by atoms with E-state index in [0.29, 0.717) is 49.4 Å². The molecule has 0 aromatic heterocycles. The molecule has 0 radical (unpaired) electrons. The topological polar surface area (TPSA) is 123 Å². The Morgan fingerprint density at radius 1 is 0.976 bits per heavy atom. The van der Waals surface area contributed by atoms with Crippen molar-refractivity contribution in [2.24, 2.45) is 0 Å². The highest BCUT2D eigenvalue weighted by atomic mass is 16.3. The summed E-state index contributed by atoms with van der Waals surface area (Å²) in [4.78, 5) is 39.1. The molecule has 1 heterocycles. The van der Waals surface area contributed by atoms with Crippen LogP contribution in [0.5, 0.6) is 0 Å². The molecule has 1 saturated heterocycles. The number of carbonyl (C=O) groups excluding carboxylic acids is 3. The predicted octanol–water partition coefficient (Wildman–Crippen LogP) is 3.70. The van der Waals surface area contributed by atoms with Crippen LogP contribution in [-0.4, -0.2) is 54.6 Å². The molecule has 1 aliphatic rings. The van der Waals surface area contributed by atoms with Crippen LogP contribution in [0, 0.1) is 0 Å². The highest BCUT2D eigenvalue weighted by molar-refractivity contribution is 6.00. The van der Waals surface area contributed by atoms with Gasteiger partial charge in [-0.1, -0.05) is 42.5 Å². The fourth-order valence-corrected chi connectivity index (χ4v) is 5.00. The number of nitrogens with one attached hydrogen (secondary N) is 4. The SMILES string of the molecule is CCNc1cc(C(=O)N[C@@H](Cc2ccccc2)[C@@H](O)CNCc2cccc(NC(C)=O)c2)cc(N2CCCC2=O)c1. The number of carbonyl (C=O) groups is 3. The van der Waals surface area contributed by atoms with E-state index < -0.39 is 12.1 Å². The van der Waals surface area contributed by atoms with Crippen molar-refractivity contribution in [2.75, 3.05) is 35.2 Å². The van der Waals surface area contributed by atoms with E-state index in [-0.39, 0.29) is 24.3 Å². The van der Waals surface area contributed by atoms with Crippen LogP contribution in [0.1, 0.15) is 48.2 Å². The lowest BCUT2D eigenvalue weighted by molar-refractivity contribution is -0.117. The molecule has 0 unspecified atom stereocenters. The largest absolute Gasteiger partial charge is 0.390 e. The van der Waals surface area contributed by atoms with Crippen molar-refractivity contribution in [3.63, 3.8) is 0 Å². The Morgan fingerprint density at radius 3 is 2.46 bits per heavy atom. The zero-order valence-electron chi connectivity index (χ0n) is 23.7. The summed E-state index contributed by atoms with van der Waals surface area (Å²) in [5.74, 6) is -0.406. The molecule has 1 fully saturated rings. The molecule has 1 aliphatic heterocycles. The van der Waals surface area contributed by atoms with Gasteiger partial charge in [0.05, 0.1) is 12.1 Å². The van der Waals surface area contributed by atoms with Crippen molar-refractivity contribution in [1.82, 2.24) is 10.6 Å². The van der Waals surface area contributed by atoms with Crippen molar-refractivity contribution in [2.45, 2.75) is 51.8 Å². The van der Waals surface area contributed by atoms with Gasteiger partial charge < -0.3 is 31.3 Å². The van der Waals surface area contributed by atoms with Gasteiger partial charge in [-0.2, -0.15) is 0 Å². The Balaban J connectivity index is 1.48. The van der Waals surface area contributed by atoms with Crippen molar-refractivity contribution in [1.29, 1.82) is 0 Å². The Hall–Kier alpha value is -4.21. The lowest BCUT2D eigenvalue weighted by Crippen LogP contribution is -2.48. The molecule has 5 N–H and O–H groups in total. The number of nitrogens with zero attached hydrogens (tertiary/aromatic N) is 1. The lowest BCUT2D eigenvalue weighted by Gasteiger charge is -2.25. The summed E-state index contributed by atoms with van der Waals surface area (Å²) in [5, 5.41) is 23.6. The number of amides is 3. The van der Waals surface area contributed by atoms with E-state index in [9.17, 15) is 19.5 Å². The van der Waals surface area contributed by atoms with E-state index in [1.54, 1.807) is 17.0 Å². The first-order valence-corrected chi connectivity index (χ1v) is 14.1. The number of hydrogen-bond acceptors (Lipinski definition) is 6. The van der Waals surface area contributed by atoms with E-state index in [0.717, 1.165) is 23.2 Å². The monoisotopic (exact) mass is 557 g/mol. The number of hydrogen-bond donors (Lipinski definition) is 5. The maximum Gasteiger partial charge on any atom is 0.251 e. The number of benzene rings is 3. The quantitative estimate of drug-likeness (QED) is 0.219. The van der Waals surface area contributed by atoms with Gasteiger partial charge in [-0.05, 0) is 61.2 Å². The zero-order chi connectivity index (χ0) is 29.2. The fraction of sp³-hybridized carbons (Fsp3) is 0.344. The summed E-state index contributed by atoms with van der Waals surface area (Å²) >= 11 is 0. The van der Waals surface area contributed by atoms with Gasteiger partial charge in [-0.15, -0.1) is 0 Å². The van der Waals surface area contributed by atoms with Gasteiger partial charge in [-0.3, -0.25) is 14.4 Å². The molecule has 0 spiro atoms. The molecule has 3 aromatic rings. The van der Waals surface area contributed by atoms with Crippen LogP contribution in [0.15, 0.2) is 72.8 Å². The normalized spacial score (nSPS) is 14.4. The molecule has 9 heteroatoms. The van der Waals surface area contributed by atoms with Crippen molar-refractivity contribution in [3.05, 3.63) is 89.5 Å². The maximum absolute atomic E-state index is 13.6. The molecule has 9 nitrogen and oxygen atoms in total. The minimum absolute atomic E-state index is 0.0519. The highest BCUT2D eigenvalue weighted by Gasteiger charge is 2.25. The van der Waals surface area contributed by atoms with Crippen molar-refractivity contribution < 1.29 is 19.5 Å². The van der Waals surface area contributed by atoms with Gasteiger partial charge in [0.1, 0.15) is 0 Å². The second-order valence-corrected chi connectivity index (χ2v) is 10.3. The maximum atomic E-state index is 13.6. The standard InChI is InChI=1S/C32H39N5O4/c1-3-34-27-17-25(18-28(19-27)37-14-8-13-31(37)40)32(41)36-29(16-23-9-5-4-6-10-23)30(39)21-33-20-24-11-7-12-26(15-24)35-22(2)38/h4-7,9-12,15,17-19,29-30,33-34,39H,3,8,13-14,16,20-21H2,1-2H3,(H,35,38)(H,36,41)/t29-,30-/m0/s1. The lowest BCUT2D eigenvalue weighted by atomic mass is 10.00. The van der Waals surface area contributed by atoms with Crippen LogP contribution in [-0.2, 0) is 22.6 Å². The molecular weight excluding hydrogens is 518 g/mol. The summed E-state index contributed by atoms with van der Waals surface area (Å²) in [6, 6.07) is 22.1. The molecule has 0 aliphatic carbocycles. The Labute approximate surface area is 241 Å². The molecule has 2 atom stereocenters. The molecular formula is C32H39N5O4. The first-order valence-electron chi connectivity index (χ1n) is 14.1. The fourth-order valence-electron chi connectivity index (χ4n) is 5.00. The summed E-state index contributed by atoms with van der Waals surface area (Å²) in [7, 11) is 0. The zero-order valence-corrected chi connectivity index (χ0v) is 23.7. The van der Waals surface area contributed by atoms with Crippen LogP contribution < -0.4 is 26.2 Å². The smallest absolute Gasteiger partial charge is 0.251 e. The van der Waals surface area contributed by atoms with E-state index in [2.05, 4.69) is 21.3 Å². The average Bonchev–Trinajstić information content (AvgIpc) is 3.39. The molecule has 41 heavy (non-hydrogen) atoms. The van der Waals surface area contributed by atoms with Crippen molar-refractivity contribution in [3.8, 4) is 0 Å². The highest BCUT2D eigenvalue weighted by Crippen LogP contribution is 2.27. The van der Waals surface area contributed by atoms with Crippen molar-refractivity contribution >= 4 is 34.8 Å². The molecule has 216 valence electrons. The third kappa shape index (κ3) is 8.64.